The standard InChI is InChI=1S/C13H18N6S/c1-3-12-18-19-13(20-12)17-11-7-10(15-8(2)16-11)9-5-4-6-14-9/h7,9,14H,3-6H2,1-2H3,(H,15,16,17,19). The summed E-state index contributed by atoms with van der Waals surface area (Å²) in [6, 6.07) is 2.35. The van der Waals surface area contributed by atoms with Crippen LogP contribution in [0.3, 0.4) is 0 Å². The highest BCUT2D eigenvalue weighted by Crippen LogP contribution is 2.25. The van der Waals surface area contributed by atoms with Crippen LogP contribution in [0.1, 0.15) is 42.3 Å². The third-order valence-corrected chi connectivity index (χ3v) is 4.26. The first-order valence-electron chi connectivity index (χ1n) is 6.93. The Morgan fingerprint density at radius 1 is 1.40 bits per heavy atom. The van der Waals surface area contributed by atoms with Gasteiger partial charge in [-0.15, -0.1) is 10.2 Å². The van der Waals surface area contributed by atoms with E-state index in [1.807, 2.05) is 13.0 Å². The summed E-state index contributed by atoms with van der Waals surface area (Å²) in [6.45, 7) is 5.05. The van der Waals surface area contributed by atoms with Crippen molar-refractivity contribution in [2.24, 2.45) is 0 Å². The first kappa shape index (κ1) is 13.4. The molecule has 2 aromatic rings. The minimum absolute atomic E-state index is 0.345. The van der Waals surface area contributed by atoms with E-state index in [-0.39, 0.29) is 0 Å². The zero-order valence-corrected chi connectivity index (χ0v) is 12.5. The Kier molecular flexibility index (Phi) is 3.88. The summed E-state index contributed by atoms with van der Waals surface area (Å²) in [7, 11) is 0. The normalized spacial score (nSPS) is 18.4. The first-order chi connectivity index (χ1) is 9.74. The molecule has 3 heterocycles. The molecule has 0 amide bonds. The van der Waals surface area contributed by atoms with Crippen molar-refractivity contribution in [2.75, 3.05) is 11.9 Å². The van der Waals surface area contributed by atoms with Gasteiger partial charge in [0.05, 0.1) is 5.69 Å². The number of anilines is 2. The number of hydrogen-bond acceptors (Lipinski definition) is 7. The zero-order chi connectivity index (χ0) is 13.9. The van der Waals surface area contributed by atoms with Crippen LogP contribution in [0.5, 0.6) is 0 Å². The molecule has 3 rings (SSSR count). The summed E-state index contributed by atoms with van der Waals surface area (Å²) in [4.78, 5) is 8.96. The van der Waals surface area contributed by atoms with Crippen LogP contribution in [0.2, 0.25) is 0 Å². The second-order valence-electron chi connectivity index (χ2n) is 4.85. The molecule has 20 heavy (non-hydrogen) atoms. The SMILES string of the molecule is CCc1nnc(Nc2cc(C3CCCN3)nc(C)n2)s1. The molecule has 1 saturated heterocycles. The molecule has 106 valence electrons. The molecular formula is C13H18N6S. The van der Waals surface area contributed by atoms with Crippen LogP contribution in [0.25, 0.3) is 0 Å². The third kappa shape index (κ3) is 2.94. The van der Waals surface area contributed by atoms with Crippen molar-refractivity contribution in [1.29, 1.82) is 0 Å². The molecule has 1 aliphatic rings. The van der Waals surface area contributed by atoms with Crippen LogP contribution in [-0.2, 0) is 6.42 Å². The Morgan fingerprint density at radius 2 is 2.30 bits per heavy atom. The van der Waals surface area contributed by atoms with Crippen LogP contribution in [0.4, 0.5) is 10.9 Å². The minimum Gasteiger partial charge on any atom is -0.315 e. The Balaban J connectivity index is 1.81. The van der Waals surface area contributed by atoms with Crippen molar-refractivity contribution in [3.05, 3.63) is 22.6 Å². The molecule has 1 aliphatic heterocycles. The number of aromatic nitrogens is 4. The lowest BCUT2D eigenvalue weighted by Crippen LogP contribution is -2.15. The van der Waals surface area contributed by atoms with E-state index in [0.29, 0.717) is 6.04 Å². The lowest BCUT2D eigenvalue weighted by molar-refractivity contribution is 0.623. The molecule has 2 aromatic heterocycles. The Hall–Kier alpha value is -1.60. The molecule has 2 N–H and O–H groups in total. The molecule has 0 aromatic carbocycles. The molecule has 0 radical (unpaired) electrons. The van der Waals surface area contributed by atoms with Gasteiger partial charge in [-0.25, -0.2) is 9.97 Å². The summed E-state index contributed by atoms with van der Waals surface area (Å²) < 4.78 is 0. The van der Waals surface area contributed by atoms with Crippen LogP contribution in [0, 0.1) is 6.92 Å². The van der Waals surface area contributed by atoms with E-state index in [0.717, 1.165) is 46.9 Å². The summed E-state index contributed by atoms with van der Waals surface area (Å²) in [6.07, 6.45) is 3.24. The highest BCUT2D eigenvalue weighted by atomic mass is 32.1. The van der Waals surface area contributed by atoms with Crippen molar-refractivity contribution in [1.82, 2.24) is 25.5 Å². The maximum absolute atomic E-state index is 4.53. The second kappa shape index (κ2) is 5.80. The predicted molar refractivity (Wildman–Crippen MR) is 79.3 cm³/mol. The number of nitrogens with one attached hydrogen (secondary N) is 2. The quantitative estimate of drug-likeness (QED) is 0.900. The average molecular weight is 290 g/mol. The van der Waals surface area contributed by atoms with Crippen molar-refractivity contribution in [3.8, 4) is 0 Å². The van der Waals surface area contributed by atoms with Gasteiger partial charge >= 0.3 is 0 Å². The van der Waals surface area contributed by atoms with E-state index in [2.05, 4.69) is 37.7 Å². The lowest BCUT2D eigenvalue weighted by atomic mass is 10.1. The van der Waals surface area contributed by atoms with Crippen molar-refractivity contribution in [2.45, 2.75) is 39.2 Å². The van der Waals surface area contributed by atoms with E-state index < -0.39 is 0 Å². The Labute approximate surface area is 122 Å². The van der Waals surface area contributed by atoms with Gasteiger partial charge in [0.2, 0.25) is 5.13 Å². The summed E-state index contributed by atoms with van der Waals surface area (Å²) in [5.74, 6) is 1.57. The first-order valence-corrected chi connectivity index (χ1v) is 7.74. The molecular weight excluding hydrogens is 272 g/mol. The monoisotopic (exact) mass is 290 g/mol. The van der Waals surface area contributed by atoms with Gasteiger partial charge in [0.15, 0.2) is 0 Å². The number of hydrogen-bond donors (Lipinski definition) is 2. The number of rotatable bonds is 4. The van der Waals surface area contributed by atoms with Crippen LogP contribution >= 0.6 is 11.3 Å². The molecule has 1 atom stereocenters. The van der Waals surface area contributed by atoms with Gasteiger partial charge in [0.25, 0.3) is 0 Å². The van der Waals surface area contributed by atoms with E-state index in [9.17, 15) is 0 Å². The average Bonchev–Trinajstić information content (AvgIpc) is 3.09. The molecule has 0 aliphatic carbocycles. The fraction of sp³-hybridized carbons (Fsp3) is 0.538. The van der Waals surface area contributed by atoms with E-state index >= 15 is 0 Å². The predicted octanol–water partition coefficient (Wildman–Crippen LogP) is 2.37. The third-order valence-electron chi connectivity index (χ3n) is 3.28. The summed E-state index contributed by atoms with van der Waals surface area (Å²) in [5.41, 5.74) is 1.05. The van der Waals surface area contributed by atoms with Crippen LogP contribution in [0.15, 0.2) is 6.07 Å². The van der Waals surface area contributed by atoms with E-state index in [1.165, 1.54) is 6.42 Å². The van der Waals surface area contributed by atoms with Gasteiger partial charge in [-0.1, -0.05) is 18.3 Å². The minimum atomic E-state index is 0.345. The fourth-order valence-electron chi connectivity index (χ4n) is 2.33. The van der Waals surface area contributed by atoms with E-state index in [1.54, 1.807) is 11.3 Å². The Morgan fingerprint density at radius 3 is 3.00 bits per heavy atom. The molecule has 6 nitrogen and oxygen atoms in total. The van der Waals surface area contributed by atoms with Gasteiger partial charge in [0, 0.05) is 12.1 Å². The van der Waals surface area contributed by atoms with Crippen LogP contribution < -0.4 is 10.6 Å². The second-order valence-corrected chi connectivity index (χ2v) is 5.92. The van der Waals surface area contributed by atoms with Gasteiger partial charge in [-0.3, -0.25) is 0 Å². The molecule has 1 fully saturated rings. The fourth-order valence-corrected chi connectivity index (χ4v) is 3.01. The van der Waals surface area contributed by atoms with Gasteiger partial charge in [-0.05, 0) is 32.7 Å². The smallest absolute Gasteiger partial charge is 0.211 e. The zero-order valence-electron chi connectivity index (χ0n) is 11.7. The maximum atomic E-state index is 4.53. The topological polar surface area (TPSA) is 75.6 Å². The van der Waals surface area contributed by atoms with Gasteiger partial charge in [-0.2, -0.15) is 0 Å². The number of nitrogens with zero attached hydrogens (tertiary/aromatic N) is 4. The van der Waals surface area contributed by atoms with Gasteiger partial charge in [0.1, 0.15) is 16.6 Å². The molecule has 0 saturated carbocycles. The number of aryl methyl sites for hydroxylation is 2. The molecule has 7 heteroatoms. The Bertz CT molecular complexity index is 590. The van der Waals surface area contributed by atoms with Crippen molar-refractivity contribution < 1.29 is 0 Å². The molecule has 1 unspecified atom stereocenters. The maximum Gasteiger partial charge on any atom is 0.211 e. The molecule has 0 spiro atoms. The van der Waals surface area contributed by atoms with Crippen molar-refractivity contribution >= 4 is 22.3 Å². The van der Waals surface area contributed by atoms with Gasteiger partial charge < -0.3 is 10.6 Å². The van der Waals surface area contributed by atoms with E-state index in [4.69, 9.17) is 0 Å². The summed E-state index contributed by atoms with van der Waals surface area (Å²) >= 11 is 1.56. The van der Waals surface area contributed by atoms with Crippen LogP contribution in [-0.4, -0.2) is 26.7 Å². The largest absolute Gasteiger partial charge is 0.315 e. The molecule has 0 bridgehead atoms. The highest BCUT2D eigenvalue weighted by molar-refractivity contribution is 7.15. The van der Waals surface area contributed by atoms with Crippen molar-refractivity contribution in [3.63, 3.8) is 0 Å². The summed E-state index contributed by atoms with van der Waals surface area (Å²) in [5, 5.41) is 16.7. The lowest BCUT2D eigenvalue weighted by Gasteiger charge is -2.11. The highest BCUT2D eigenvalue weighted by Gasteiger charge is 2.18.